The van der Waals surface area contributed by atoms with Crippen LogP contribution in [0.25, 0.3) is 11.2 Å². The fourth-order valence-electron chi connectivity index (χ4n) is 12.2. The molecule has 4 bridgehead atoms. The molecule has 0 N–H and O–H groups in total. The second kappa shape index (κ2) is 21.0. The molecule has 2 amide bonds. The fourth-order valence-corrected chi connectivity index (χ4v) is 49.5. The average molecular weight is 975 g/mol. The summed E-state index contributed by atoms with van der Waals surface area (Å²) >= 11 is 0. The lowest BCUT2D eigenvalue weighted by Gasteiger charge is -2.47. The first-order chi connectivity index (χ1) is 31.1. The number of Topliss-reactive ketones (excluding diaryl/α,β-unsaturated/α-hetero) is 1. The van der Waals surface area contributed by atoms with Gasteiger partial charge in [0.2, 0.25) is 15.7 Å². The molecule has 4 aromatic rings. The maximum Gasteiger partial charge on any atom is 0.267 e. The first-order valence-corrected chi connectivity index (χ1v) is 34.6. The zero-order valence-corrected chi connectivity index (χ0v) is 46.5. The number of rotatable bonds is 18. The van der Waals surface area contributed by atoms with Gasteiger partial charge in [0.25, 0.3) is 11.8 Å². The monoisotopic (exact) mass is 973 g/mol. The van der Waals surface area contributed by atoms with Crippen molar-refractivity contribution in [2.45, 2.75) is 174 Å². The van der Waals surface area contributed by atoms with Gasteiger partial charge in [0.15, 0.2) is 22.8 Å². The van der Waals surface area contributed by atoms with E-state index in [0.29, 0.717) is 22.2 Å². The van der Waals surface area contributed by atoms with Crippen LogP contribution in [0.4, 0.5) is 5.82 Å². The third kappa shape index (κ3) is 9.32. The van der Waals surface area contributed by atoms with E-state index in [-0.39, 0.29) is 62.4 Å². The van der Waals surface area contributed by atoms with Gasteiger partial charge in [-0.15, -0.1) is 0 Å². The zero-order valence-electron chi connectivity index (χ0n) is 42.1. The van der Waals surface area contributed by atoms with Crippen molar-refractivity contribution in [1.82, 2.24) is 19.5 Å². The Kier molecular flexibility index (Phi) is 16.5. The van der Waals surface area contributed by atoms with Gasteiger partial charge in [-0.1, -0.05) is 169 Å². The van der Waals surface area contributed by atoms with Gasteiger partial charge in [-0.05, 0) is 40.4 Å². The van der Waals surface area contributed by atoms with Crippen molar-refractivity contribution in [3.63, 3.8) is 0 Å². The van der Waals surface area contributed by atoms with Crippen LogP contribution >= 0.6 is 0 Å². The highest BCUT2D eigenvalue weighted by Gasteiger charge is 2.59. The Morgan fingerprint density at radius 3 is 1.73 bits per heavy atom. The molecule has 66 heavy (non-hydrogen) atoms. The number of hydrogen-bond donors (Lipinski definition) is 0. The molecular weight excluding hydrogens is 899 g/mol. The first-order valence-electron chi connectivity index (χ1n) is 24.2. The highest BCUT2D eigenvalue weighted by Crippen LogP contribution is 2.48. The summed E-state index contributed by atoms with van der Waals surface area (Å²) in [5, 5.41) is 0. The molecule has 360 valence electrons. The molecule has 2 aromatic heterocycles. The normalized spacial score (nSPS) is 19.7. The summed E-state index contributed by atoms with van der Waals surface area (Å²) in [7, 11) is -8.50. The molecule has 2 aliphatic heterocycles. The minimum atomic E-state index is -2.73. The molecule has 0 unspecified atom stereocenters. The third-order valence-electron chi connectivity index (χ3n) is 14.6. The van der Waals surface area contributed by atoms with E-state index >= 15 is 9.59 Å². The smallest absolute Gasteiger partial charge is 0.267 e. The number of carbonyl (C=O) groups excluding carboxylic acids is 3. The molecule has 4 atom stereocenters. The van der Waals surface area contributed by atoms with Gasteiger partial charge in [-0.2, -0.15) is 0 Å². The van der Waals surface area contributed by atoms with Gasteiger partial charge in [0, 0.05) is 11.1 Å². The van der Waals surface area contributed by atoms with E-state index in [1.807, 2.05) is 0 Å². The van der Waals surface area contributed by atoms with E-state index in [0.717, 1.165) is 4.90 Å². The molecule has 6 rings (SSSR count). The van der Waals surface area contributed by atoms with E-state index in [9.17, 15) is 4.79 Å². The maximum atomic E-state index is 15.8. The van der Waals surface area contributed by atoms with Gasteiger partial charge in [-0.25, -0.2) is 29.6 Å². The number of imidazole rings is 1. The molecule has 2 aromatic carbocycles. The predicted molar refractivity (Wildman–Crippen MR) is 271 cm³/mol. The summed E-state index contributed by atoms with van der Waals surface area (Å²) in [5.74, 6) is -2.87. The van der Waals surface area contributed by atoms with Crippen LogP contribution < -0.4 is 4.90 Å². The Morgan fingerprint density at radius 1 is 0.682 bits per heavy atom. The minimum Gasteiger partial charge on any atom is -0.348 e. The van der Waals surface area contributed by atoms with E-state index in [1.54, 1.807) is 59.2 Å². The summed E-state index contributed by atoms with van der Waals surface area (Å²) in [6, 6.07) is 15.1. The van der Waals surface area contributed by atoms with E-state index < -0.39 is 74.2 Å². The lowest BCUT2D eigenvalue weighted by atomic mass is 9.88. The van der Waals surface area contributed by atoms with Crippen molar-refractivity contribution in [1.29, 1.82) is 0 Å². The van der Waals surface area contributed by atoms with Crippen molar-refractivity contribution in [2.24, 2.45) is 5.92 Å². The maximum absolute atomic E-state index is 15.8. The molecule has 2 aliphatic rings. The molecule has 1 saturated heterocycles. The van der Waals surface area contributed by atoms with Crippen LogP contribution in [0.15, 0.2) is 67.3 Å². The third-order valence-corrected chi connectivity index (χ3v) is 53.3. The summed E-state index contributed by atoms with van der Waals surface area (Å²) in [6.07, 6.45) is -0.0950. The number of anilines is 1. The molecule has 1 fully saturated rings. The number of ether oxygens (including phenoxy) is 1. The van der Waals surface area contributed by atoms with Gasteiger partial charge >= 0.3 is 0 Å². The van der Waals surface area contributed by atoms with Gasteiger partial charge in [-0.3, -0.25) is 28.1 Å². The van der Waals surface area contributed by atoms with Crippen molar-refractivity contribution >= 4 is 66.9 Å². The number of amides is 2. The number of aromatic nitrogens is 4. The number of imide groups is 1. The summed E-state index contributed by atoms with van der Waals surface area (Å²) in [6.45, 7) is 36.7. The Hall–Kier alpha value is -3.53. The number of ketones is 1. The fraction of sp³-hybridized carbons (Fsp3) is 0.592. The minimum absolute atomic E-state index is 0.0126. The molecule has 0 spiro atoms. The van der Waals surface area contributed by atoms with Crippen LogP contribution in [0.5, 0.6) is 0 Å². The van der Waals surface area contributed by atoms with E-state index in [2.05, 4.69) is 121 Å². The summed E-state index contributed by atoms with van der Waals surface area (Å²) in [5.41, 5.74) is 3.71. The quantitative estimate of drug-likeness (QED) is 0.0407. The highest BCUT2D eigenvalue weighted by atomic mass is 29.2. The zero-order chi connectivity index (χ0) is 48.6. The SMILES string of the molecule is CC(C)[SiH](C(C)C)[Si](OOC[C@H]1O[C@@H]2[C@H](C(=O)c3ccccc3C(=O)N(C(=O)c3ccccc3)c3ncnc4c3ncn42)[C@@H]1OO[Si](C(C)C)(C(C)C)[SiH](C(C)C)C(C)C)(C(C)C)C(C)C. The van der Waals surface area contributed by atoms with Crippen molar-refractivity contribution in [3.05, 3.63) is 83.9 Å². The van der Waals surface area contributed by atoms with Crippen molar-refractivity contribution < 1.29 is 38.0 Å². The van der Waals surface area contributed by atoms with Crippen LogP contribution in [0.3, 0.4) is 0 Å². The van der Waals surface area contributed by atoms with Crippen LogP contribution in [-0.2, 0) is 23.7 Å². The second-order valence-corrected chi connectivity index (χ2v) is 46.4. The lowest BCUT2D eigenvalue weighted by molar-refractivity contribution is -0.291. The summed E-state index contributed by atoms with van der Waals surface area (Å²) in [4.78, 5) is 73.9. The Morgan fingerprint density at radius 2 is 1.20 bits per heavy atom. The highest BCUT2D eigenvalue weighted by molar-refractivity contribution is 7.32. The Labute approximate surface area is 397 Å². The van der Waals surface area contributed by atoms with E-state index in [1.165, 1.54) is 12.7 Å². The van der Waals surface area contributed by atoms with Crippen LogP contribution in [0, 0.1) is 5.92 Å². The molecule has 0 aliphatic carbocycles. The number of carbonyl (C=O) groups is 3. The largest absolute Gasteiger partial charge is 0.348 e. The number of nitrogens with zero attached hydrogens (tertiary/aromatic N) is 5. The average Bonchev–Trinajstić information content (AvgIpc) is 3.85. The second-order valence-electron chi connectivity index (χ2n) is 21.2. The Balaban J connectivity index is 1.55. The van der Waals surface area contributed by atoms with Gasteiger partial charge in [0.1, 0.15) is 31.4 Å². The lowest BCUT2D eigenvalue weighted by Crippen LogP contribution is -2.62. The molecule has 17 heteroatoms. The number of fused-ring (bicyclic) bond motifs is 3. The standard InChI is InChI=1S/C49H75N5O8Si4/c1-29(2)63(30(3)4)65(33(9)10,34(11)12)61-58-26-40-44(60-62-66(35(13)14,36(15)16)64(31(5)6)32(7)8)41-43(55)38-24-20-21-25-39(38)48(57)54(47(56)37-22-18-17-19-23-37)46-42-45(50-27-51-46)53(28-52-42)49(41)59-40/h17-25,27-36,40-41,44,49,63-64H,26H2,1-16H3/t40-,41-,44-,49-/m1/s1. The van der Waals surface area contributed by atoms with Gasteiger partial charge in [0.05, 0.1) is 34.4 Å². The number of hydrogen-bond acceptors (Lipinski definition) is 11. The molecule has 4 heterocycles. The topological polar surface area (TPSA) is 144 Å². The summed E-state index contributed by atoms with van der Waals surface area (Å²) < 4.78 is 23.1. The van der Waals surface area contributed by atoms with Crippen LogP contribution in [0.2, 0.25) is 44.3 Å². The van der Waals surface area contributed by atoms with Crippen LogP contribution in [0.1, 0.15) is 148 Å². The molecule has 13 nitrogen and oxygen atoms in total. The van der Waals surface area contributed by atoms with Crippen molar-refractivity contribution in [2.75, 3.05) is 11.5 Å². The first kappa shape index (κ1) is 51.9. The van der Waals surface area contributed by atoms with Crippen molar-refractivity contribution in [3.8, 4) is 0 Å². The Bertz CT molecular complexity index is 2290. The van der Waals surface area contributed by atoms with Gasteiger partial charge < -0.3 is 4.74 Å². The molecular formula is C49H75N5O8Si4. The molecule has 0 saturated carbocycles. The van der Waals surface area contributed by atoms with Crippen LogP contribution in [-0.4, -0.2) is 88.2 Å². The predicted octanol–water partition coefficient (Wildman–Crippen LogP) is 11.1. The van der Waals surface area contributed by atoms with E-state index in [4.69, 9.17) is 28.6 Å². The molecule has 0 radical (unpaired) electrons. The number of benzene rings is 2.